The van der Waals surface area contributed by atoms with Gasteiger partial charge in [-0.2, -0.15) is 4.39 Å². The van der Waals surface area contributed by atoms with Gasteiger partial charge in [-0.25, -0.2) is 0 Å². The molecule has 2 heterocycles. The van der Waals surface area contributed by atoms with Crippen molar-refractivity contribution < 1.29 is 13.2 Å². The second kappa shape index (κ2) is 16.5. The van der Waals surface area contributed by atoms with Crippen LogP contribution in [0.4, 0.5) is 38.5 Å². The number of benzene rings is 9. The molecule has 0 unspecified atom stereocenters. The third-order valence-corrected chi connectivity index (χ3v) is 13.8. The Hall–Kier alpha value is -7.37. The van der Waals surface area contributed by atoms with Crippen molar-refractivity contribution in [2.75, 3.05) is 9.80 Å². The van der Waals surface area contributed by atoms with Gasteiger partial charge in [-0.15, -0.1) is 0 Å². The molecule has 0 amide bonds. The molecule has 0 radical (unpaired) electrons. The van der Waals surface area contributed by atoms with E-state index in [2.05, 4.69) is 211 Å². The molecule has 5 heteroatoms. The maximum atomic E-state index is 16.8. The topological polar surface area (TPSA) is 32.8 Å². The number of furan rings is 2. The van der Waals surface area contributed by atoms with Crippen molar-refractivity contribution in [3.05, 3.63) is 192 Å². The first-order valence-corrected chi connectivity index (χ1v) is 23.8. The molecule has 0 atom stereocenters. The first kappa shape index (κ1) is 42.3. The normalized spacial score (nSPS) is 12.2. The first-order chi connectivity index (χ1) is 32.4. The summed E-state index contributed by atoms with van der Waals surface area (Å²) in [5.74, 6) is 1.27. The fourth-order valence-corrected chi connectivity index (χ4v) is 9.76. The molecule has 0 saturated carbocycles. The van der Waals surface area contributed by atoms with E-state index in [1.807, 2.05) is 18.2 Å². The number of halogens is 1. The van der Waals surface area contributed by atoms with Crippen LogP contribution in [0, 0.1) is 5.82 Å². The lowest BCUT2D eigenvalue weighted by molar-refractivity contribution is 0.561. The van der Waals surface area contributed by atoms with E-state index in [-0.39, 0.29) is 11.2 Å². The van der Waals surface area contributed by atoms with Gasteiger partial charge < -0.3 is 18.6 Å². The van der Waals surface area contributed by atoms with Crippen LogP contribution in [-0.2, 0) is 0 Å². The number of anilines is 6. The van der Waals surface area contributed by atoms with Gasteiger partial charge in [-0.05, 0) is 171 Å². The molecule has 11 rings (SSSR count). The van der Waals surface area contributed by atoms with E-state index >= 15 is 4.39 Å². The molecule has 0 fully saturated rings. The molecule has 9 aromatic carbocycles. The SMILES string of the molecule is CC(C)c1ccc(N(c2ccc(C(C)C)cc2)c2ccc3cc4c(cc3c2)oc2c(F)c3oc5cc6cc(N(c7ccc(C(C)C)cc7)c7ccc(C(C)C)cc7)ccc6cc5c3cc24)cc1. The highest BCUT2D eigenvalue weighted by molar-refractivity contribution is 6.19. The van der Waals surface area contributed by atoms with Crippen LogP contribution in [0.25, 0.3) is 65.4 Å². The Morgan fingerprint density at radius 3 is 0.910 bits per heavy atom. The van der Waals surface area contributed by atoms with Gasteiger partial charge in [-0.1, -0.05) is 116 Å². The predicted octanol–water partition coefficient (Wildman–Crippen LogP) is 19.4. The minimum absolute atomic E-state index is 0.198. The van der Waals surface area contributed by atoms with Crippen molar-refractivity contribution >= 4 is 99.5 Å². The fraction of sp³-hybridized carbons (Fsp3) is 0.194. The van der Waals surface area contributed by atoms with E-state index in [1.54, 1.807) is 0 Å². The molecule has 0 aliphatic heterocycles. The third kappa shape index (κ3) is 7.47. The lowest BCUT2D eigenvalue weighted by Crippen LogP contribution is -2.10. The van der Waals surface area contributed by atoms with Crippen LogP contribution in [-0.4, -0.2) is 0 Å². The number of nitrogens with zero attached hydrogens (tertiary/aromatic N) is 2. The molecular weight excluding hydrogens is 824 g/mol. The van der Waals surface area contributed by atoms with Crippen LogP contribution in [0.1, 0.15) is 101 Å². The van der Waals surface area contributed by atoms with Crippen LogP contribution >= 0.6 is 0 Å². The van der Waals surface area contributed by atoms with Crippen LogP contribution in [0.5, 0.6) is 0 Å². The molecule has 2 aromatic heterocycles. The average Bonchev–Trinajstić information content (AvgIpc) is 3.88. The Balaban J connectivity index is 0.991. The van der Waals surface area contributed by atoms with Gasteiger partial charge in [0.25, 0.3) is 0 Å². The van der Waals surface area contributed by atoms with Crippen LogP contribution in [0.15, 0.2) is 173 Å². The second-order valence-corrected chi connectivity index (χ2v) is 19.6. The highest BCUT2D eigenvalue weighted by Crippen LogP contribution is 2.44. The number of hydrogen-bond donors (Lipinski definition) is 0. The summed E-state index contributed by atoms with van der Waals surface area (Å²) in [5.41, 5.74) is 13.2. The van der Waals surface area contributed by atoms with Gasteiger partial charge in [-0.3, -0.25) is 0 Å². The van der Waals surface area contributed by atoms with Gasteiger partial charge >= 0.3 is 0 Å². The molecule has 0 spiro atoms. The van der Waals surface area contributed by atoms with Crippen LogP contribution in [0.3, 0.4) is 0 Å². The van der Waals surface area contributed by atoms with Crippen molar-refractivity contribution in [3.8, 4) is 0 Å². The van der Waals surface area contributed by atoms with E-state index in [0.29, 0.717) is 34.8 Å². The van der Waals surface area contributed by atoms with Gasteiger partial charge in [0.2, 0.25) is 5.82 Å². The lowest BCUT2D eigenvalue weighted by Gasteiger charge is -2.26. The Bertz CT molecular complexity index is 3290. The van der Waals surface area contributed by atoms with Gasteiger partial charge in [0.05, 0.1) is 0 Å². The Kier molecular flexibility index (Phi) is 10.4. The van der Waals surface area contributed by atoms with Crippen LogP contribution in [0.2, 0.25) is 0 Å². The van der Waals surface area contributed by atoms with Crippen molar-refractivity contribution in [1.82, 2.24) is 0 Å². The molecule has 332 valence electrons. The molecule has 4 nitrogen and oxygen atoms in total. The smallest absolute Gasteiger partial charge is 0.209 e. The lowest BCUT2D eigenvalue weighted by atomic mass is 10.0. The molecule has 0 bridgehead atoms. The average molecular weight is 879 g/mol. The molecule has 0 aliphatic rings. The monoisotopic (exact) mass is 878 g/mol. The minimum Gasteiger partial charge on any atom is -0.453 e. The van der Waals surface area contributed by atoms with Gasteiger partial charge in [0.1, 0.15) is 11.2 Å². The maximum absolute atomic E-state index is 16.8. The largest absolute Gasteiger partial charge is 0.453 e. The molecule has 0 aliphatic carbocycles. The third-order valence-electron chi connectivity index (χ3n) is 13.8. The van der Waals surface area contributed by atoms with Crippen molar-refractivity contribution in [3.63, 3.8) is 0 Å². The molecule has 67 heavy (non-hydrogen) atoms. The summed E-state index contributed by atoms with van der Waals surface area (Å²) in [4.78, 5) is 4.60. The molecule has 0 N–H and O–H groups in total. The number of hydrogen-bond acceptors (Lipinski definition) is 4. The van der Waals surface area contributed by atoms with Gasteiger partial charge in [0, 0.05) is 55.7 Å². The maximum Gasteiger partial charge on any atom is 0.209 e. The quantitative estimate of drug-likeness (QED) is 0.137. The summed E-state index contributed by atoms with van der Waals surface area (Å²) >= 11 is 0. The Morgan fingerprint density at radius 2 is 0.612 bits per heavy atom. The Labute approximate surface area is 391 Å². The second-order valence-electron chi connectivity index (χ2n) is 19.6. The van der Waals surface area contributed by atoms with Crippen molar-refractivity contribution in [2.24, 2.45) is 0 Å². The Morgan fingerprint density at radius 1 is 0.313 bits per heavy atom. The molecule has 11 aromatic rings. The van der Waals surface area contributed by atoms with E-state index in [1.165, 1.54) is 22.3 Å². The zero-order valence-corrected chi connectivity index (χ0v) is 39.5. The zero-order chi connectivity index (χ0) is 46.2. The van der Waals surface area contributed by atoms with E-state index in [9.17, 15) is 0 Å². The highest BCUT2D eigenvalue weighted by Gasteiger charge is 2.22. The van der Waals surface area contributed by atoms with E-state index in [0.717, 1.165) is 77.2 Å². The van der Waals surface area contributed by atoms with Gasteiger partial charge in [0.15, 0.2) is 11.2 Å². The highest BCUT2D eigenvalue weighted by atomic mass is 19.1. The van der Waals surface area contributed by atoms with E-state index in [4.69, 9.17) is 8.83 Å². The predicted molar refractivity (Wildman–Crippen MR) is 282 cm³/mol. The van der Waals surface area contributed by atoms with Crippen molar-refractivity contribution in [2.45, 2.75) is 79.1 Å². The van der Waals surface area contributed by atoms with Crippen molar-refractivity contribution in [1.29, 1.82) is 0 Å². The summed E-state index contributed by atoms with van der Waals surface area (Å²) in [5, 5.41) is 7.28. The summed E-state index contributed by atoms with van der Waals surface area (Å²) in [6.07, 6.45) is 0. The summed E-state index contributed by atoms with van der Waals surface area (Å²) in [7, 11) is 0. The molecule has 0 saturated heterocycles. The standard InChI is InChI=1S/C62H55FN2O2/c1-36(2)40-9-19-48(20-10-40)64(49-21-11-41(12-22-49)37(3)4)52-27-17-44-31-54-56-35-57-55-32-45-18-28-53(30-47(45)34-59(55)67-62(57)60(63)61(56)66-58(54)33-46(44)29-52)65(50-23-13-42(14-24-50)38(5)6)51-25-15-43(16-26-51)39(7)8/h9-39H,1-8H3. The zero-order valence-electron chi connectivity index (χ0n) is 39.5. The fourth-order valence-electron chi connectivity index (χ4n) is 9.76. The van der Waals surface area contributed by atoms with Crippen LogP contribution < -0.4 is 9.80 Å². The molecular formula is C62H55FN2O2. The summed E-state index contributed by atoms with van der Waals surface area (Å²) in [6, 6.07) is 58.8. The minimum atomic E-state index is -0.490. The number of fused-ring (bicyclic) bond motifs is 8. The summed E-state index contributed by atoms with van der Waals surface area (Å²) < 4.78 is 29.7. The first-order valence-electron chi connectivity index (χ1n) is 23.8. The van der Waals surface area contributed by atoms with E-state index < -0.39 is 5.82 Å². The summed E-state index contributed by atoms with van der Waals surface area (Å²) in [6.45, 7) is 17.8. The number of rotatable bonds is 10.